The molecule has 0 amide bonds. The van der Waals surface area contributed by atoms with Crippen molar-refractivity contribution >= 4 is 25.5 Å². The predicted octanol–water partition coefficient (Wildman–Crippen LogP) is 2.79. The summed E-state index contributed by atoms with van der Waals surface area (Å²) < 4.78 is 6.65. The van der Waals surface area contributed by atoms with Gasteiger partial charge in [-0.3, -0.25) is 0 Å². The van der Waals surface area contributed by atoms with Crippen LogP contribution in [0.4, 0.5) is 0 Å². The maximum atomic E-state index is 6.65. The third kappa shape index (κ3) is 5.17. The summed E-state index contributed by atoms with van der Waals surface area (Å²) >= 11 is 0. The van der Waals surface area contributed by atoms with Gasteiger partial charge in [-0.15, -0.1) is 0 Å². The number of benzene rings is 2. The second-order valence-corrected chi connectivity index (χ2v) is 8.64. The highest BCUT2D eigenvalue weighted by molar-refractivity contribution is 6.80. The monoisotopic (exact) mass is 324 g/mol. The first-order valence-corrected chi connectivity index (χ1v) is 9.31. The van der Waals surface area contributed by atoms with Crippen molar-refractivity contribution in [3.05, 3.63) is 66.7 Å². The van der Waals surface area contributed by atoms with E-state index in [1.807, 2.05) is 12.1 Å². The molecule has 0 unspecified atom stereocenters. The SMILES string of the molecule is C=Cc1cccc([Si](OC(C)(C)CN(C)C)c2ccccc2)c1. The minimum atomic E-state index is -1.31. The first-order chi connectivity index (χ1) is 10.9. The summed E-state index contributed by atoms with van der Waals surface area (Å²) in [5, 5.41) is 2.52. The van der Waals surface area contributed by atoms with Crippen LogP contribution < -0.4 is 10.4 Å². The predicted molar refractivity (Wildman–Crippen MR) is 102 cm³/mol. The lowest BCUT2D eigenvalue weighted by Gasteiger charge is -2.33. The Hall–Kier alpha value is -1.68. The molecule has 0 aliphatic carbocycles. The second kappa shape index (κ2) is 7.73. The van der Waals surface area contributed by atoms with Crippen LogP contribution in [0.3, 0.4) is 0 Å². The fourth-order valence-corrected chi connectivity index (χ4v) is 4.98. The van der Waals surface area contributed by atoms with E-state index in [1.165, 1.54) is 10.4 Å². The van der Waals surface area contributed by atoms with Gasteiger partial charge >= 0.3 is 0 Å². The van der Waals surface area contributed by atoms with E-state index >= 15 is 0 Å². The van der Waals surface area contributed by atoms with E-state index in [9.17, 15) is 0 Å². The van der Waals surface area contributed by atoms with E-state index in [4.69, 9.17) is 4.43 Å². The zero-order valence-corrected chi connectivity index (χ0v) is 15.5. The summed E-state index contributed by atoms with van der Waals surface area (Å²) in [7, 11) is 2.86. The standard InChI is InChI=1S/C20H26NOSi/c1-6-17-11-10-14-19(15-17)23(18-12-8-7-9-13-18)22-20(2,3)16-21(4)5/h6-15H,1,16H2,2-5H3. The summed E-state index contributed by atoms with van der Waals surface area (Å²) in [5.74, 6) is 0. The molecule has 2 aromatic carbocycles. The minimum absolute atomic E-state index is 0.210. The third-order valence-corrected chi connectivity index (χ3v) is 5.95. The highest BCUT2D eigenvalue weighted by Crippen LogP contribution is 2.13. The summed E-state index contributed by atoms with van der Waals surface area (Å²) in [6, 6.07) is 19.1. The molecule has 0 saturated carbocycles. The molecule has 0 saturated heterocycles. The molecule has 0 N–H and O–H groups in total. The van der Waals surface area contributed by atoms with Gasteiger partial charge in [-0.25, -0.2) is 0 Å². The van der Waals surface area contributed by atoms with Crippen LogP contribution in [0, 0.1) is 0 Å². The van der Waals surface area contributed by atoms with Gasteiger partial charge in [0.1, 0.15) is 0 Å². The zero-order valence-electron chi connectivity index (χ0n) is 14.5. The van der Waals surface area contributed by atoms with E-state index in [-0.39, 0.29) is 5.60 Å². The Kier molecular flexibility index (Phi) is 5.94. The lowest BCUT2D eigenvalue weighted by molar-refractivity contribution is 0.0803. The fourth-order valence-electron chi connectivity index (χ4n) is 2.75. The van der Waals surface area contributed by atoms with Crippen molar-refractivity contribution in [2.24, 2.45) is 0 Å². The van der Waals surface area contributed by atoms with Crippen molar-refractivity contribution in [3.63, 3.8) is 0 Å². The summed E-state index contributed by atoms with van der Waals surface area (Å²) in [6.45, 7) is 9.10. The summed E-state index contributed by atoms with van der Waals surface area (Å²) in [6.07, 6.45) is 1.89. The van der Waals surface area contributed by atoms with Crippen molar-refractivity contribution in [1.29, 1.82) is 0 Å². The summed E-state index contributed by atoms with van der Waals surface area (Å²) in [5.41, 5.74) is 0.924. The molecule has 0 aliphatic heterocycles. The van der Waals surface area contributed by atoms with Crippen LogP contribution in [0.5, 0.6) is 0 Å². The quantitative estimate of drug-likeness (QED) is 0.726. The molecule has 1 radical (unpaired) electrons. The Balaban J connectivity index is 2.38. The highest BCUT2D eigenvalue weighted by atomic mass is 28.3. The van der Waals surface area contributed by atoms with Gasteiger partial charge in [0.25, 0.3) is 9.04 Å². The Morgan fingerprint density at radius 3 is 2.30 bits per heavy atom. The van der Waals surface area contributed by atoms with E-state index in [0.717, 1.165) is 12.1 Å². The number of rotatable bonds is 7. The Morgan fingerprint density at radius 2 is 1.70 bits per heavy atom. The molecule has 2 nitrogen and oxygen atoms in total. The number of hydrogen-bond donors (Lipinski definition) is 0. The van der Waals surface area contributed by atoms with Gasteiger partial charge in [-0.1, -0.05) is 67.3 Å². The molecule has 0 bridgehead atoms. The van der Waals surface area contributed by atoms with Gasteiger partial charge in [-0.05, 0) is 43.9 Å². The van der Waals surface area contributed by atoms with Crippen molar-refractivity contribution < 1.29 is 4.43 Å². The van der Waals surface area contributed by atoms with Crippen LogP contribution in [0.2, 0.25) is 0 Å². The molecule has 3 heteroatoms. The first-order valence-electron chi connectivity index (χ1n) is 7.90. The molecule has 2 aromatic rings. The third-order valence-electron chi connectivity index (χ3n) is 3.50. The smallest absolute Gasteiger partial charge is 0.283 e. The molecule has 23 heavy (non-hydrogen) atoms. The van der Waals surface area contributed by atoms with Crippen LogP contribution >= 0.6 is 0 Å². The zero-order chi connectivity index (χ0) is 16.9. The topological polar surface area (TPSA) is 12.5 Å². The molecule has 0 spiro atoms. The Labute approximate surface area is 142 Å². The van der Waals surface area contributed by atoms with E-state index < -0.39 is 9.04 Å². The van der Waals surface area contributed by atoms with Crippen LogP contribution in [0.25, 0.3) is 6.08 Å². The first kappa shape index (κ1) is 17.7. The van der Waals surface area contributed by atoms with Crippen LogP contribution in [0.1, 0.15) is 19.4 Å². The van der Waals surface area contributed by atoms with Gasteiger partial charge in [0, 0.05) is 6.54 Å². The van der Waals surface area contributed by atoms with Gasteiger partial charge in [0.15, 0.2) is 0 Å². The van der Waals surface area contributed by atoms with Crippen molar-refractivity contribution in [2.75, 3.05) is 20.6 Å². The van der Waals surface area contributed by atoms with Gasteiger partial charge in [-0.2, -0.15) is 0 Å². The minimum Gasteiger partial charge on any atom is -0.401 e. The van der Waals surface area contributed by atoms with Crippen molar-refractivity contribution in [2.45, 2.75) is 19.4 Å². The van der Waals surface area contributed by atoms with Gasteiger partial charge < -0.3 is 9.33 Å². The van der Waals surface area contributed by atoms with Gasteiger partial charge in [0.05, 0.1) is 5.60 Å². The normalized spacial score (nSPS) is 11.9. The number of likely N-dealkylation sites (N-methyl/N-ethyl adjacent to an activating group) is 1. The van der Waals surface area contributed by atoms with E-state index in [0.29, 0.717) is 0 Å². The molecule has 0 fully saturated rings. The average Bonchev–Trinajstić information content (AvgIpc) is 2.52. The number of nitrogens with zero attached hydrogens (tertiary/aromatic N) is 1. The maximum Gasteiger partial charge on any atom is 0.283 e. The van der Waals surface area contributed by atoms with Crippen molar-refractivity contribution in [1.82, 2.24) is 4.90 Å². The molecule has 0 atom stereocenters. The molecular weight excluding hydrogens is 298 g/mol. The molecule has 0 aliphatic rings. The van der Waals surface area contributed by atoms with Crippen LogP contribution in [0.15, 0.2) is 61.2 Å². The maximum absolute atomic E-state index is 6.65. The Morgan fingerprint density at radius 1 is 1.04 bits per heavy atom. The van der Waals surface area contributed by atoms with Crippen LogP contribution in [-0.2, 0) is 4.43 Å². The lowest BCUT2D eigenvalue weighted by Crippen LogP contribution is -2.52. The average molecular weight is 325 g/mol. The van der Waals surface area contributed by atoms with Crippen LogP contribution in [-0.4, -0.2) is 40.2 Å². The molecule has 0 heterocycles. The Bertz CT molecular complexity index is 637. The summed E-state index contributed by atoms with van der Waals surface area (Å²) in [4.78, 5) is 2.17. The second-order valence-electron chi connectivity index (χ2n) is 6.62. The highest BCUT2D eigenvalue weighted by Gasteiger charge is 2.29. The van der Waals surface area contributed by atoms with Gasteiger partial charge in [0.2, 0.25) is 0 Å². The van der Waals surface area contributed by atoms with Crippen molar-refractivity contribution in [3.8, 4) is 0 Å². The molecule has 2 rings (SSSR count). The molecule has 0 aromatic heterocycles. The van der Waals surface area contributed by atoms with E-state index in [1.54, 1.807) is 0 Å². The fraction of sp³-hybridized carbons (Fsp3) is 0.300. The largest absolute Gasteiger partial charge is 0.401 e. The number of hydrogen-bond acceptors (Lipinski definition) is 2. The van der Waals surface area contributed by atoms with E-state index in [2.05, 4.69) is 88.0 Å². The lowest BCUT2D eigenvalue weighted by atomic mass is 10.1. The molecular formula is C20H26NOSi. The molecule has 121 valence electrons.